The number of urea groups is 1. The van der Waals surface area contributed by atoms with Gasteiger partial charge in [-0.15, -0.1) is 0 Å². The van der Waals surface area contributed by atoms with Gasteiger partial charge in [0.1, 0.15) is 0 Å². The average molecular weight is 300 g/mol. The number of nitrogens with one attached hydrogen (secondary N) is 1. The van der Waals surface area contributed by atoms with Crippen LogP contribution >= 0.6 is 11.8 Å². The van der Waals surface area contributed by atoms with Gasteiger partial charge >= 0.3 is 12.0 Å². The summed E-state index contributed by atoms with van der Waals surface area (Å²) >= 11 is 1.67. The van der Waals surface area contributed by atoms with Crippen LogP contribution in [0.5, 0.6) is 0 Å². The largest absolute Gasteiger partial charge is 0.481 e. The summed E-state index contributed by atoms with van der Waals surface area (Å²) in [6.07, 6.45) is 1.70. The van der Waals surface area contributed by atoms with Gasteiger partial charge in [-0.3, -0.25) is 4.79 Å². The number of hydrogen-bond acceptors (Lipinski definition) is 6. The Bertz CT molecular complexity index is 453. The molecule has 1 unspecified atom stereocenters. The second-order valence-electron chi connectivity index (χ2n) is 4.35. The molecule has 1 atom stereocenters. The van der Waals surface area contributed by atoms with E-state index in [9.17, 15) is 9.59 Å². The molecule has 1 aliphatic heterocycles. The number of aliphatic carboxylic acids is 1. The molecule has 0 bridgehead atoms. The summed E-state index contributed by atoms with van der Waals surface area (Å²) in [7, 11) is 0. The second kappa shape index (κ2) is 7.13. The standard InChI is InChI=1S/C11H16N4O4S/c16-10(17)5-8-6-20-4-3-15(8)11(18)12-2-1-9-13-7-19-14-9/h7-8H,1-6H2,(H,12,18)(H,16,17). The molecule has 110 valence electrons. The minimum Gasteiger partial charge on any atom is -0.481 e. The molecule has 1 saturated heterocycles. The average Bonchev–Trinajstić information content (AvgIpc) is 2.91. The number of nitrogens with zero attached hydrogens (tertiary/aromatic N) is 3. The van der Waals surface area contributed by atoms with Crippen LogP contribution in [-0.4, -0.2) is 62.8 Å². The zero-order valence-corrected chi connectivity index (χ0v) is 11.6. The molecule has 1 fully saturated rings. The van der Waals surface area contributed by atoms with E-state index in [4.69, 9.17) is 5.11 Å². The highest BCUT2D eigenvalue weighted by molar-refractivity contribution is 7.99. The number of carbonyl (C=O) groups is 2. The fourth-order valence-electron chi connectivity index (χ4n) is 1.98. The van der Waals surface area contributed by atoms with Crippen LogP contribution in [0.3, 0.4) is 0 Å². The molecule has 1 aliphatic rings. The number of carboxylic acid groups (broad SMARTS) is 1. The first-order valence-electron chi connectivity index (χ1n) is 6.26. The lowest BCUT2D eigenvalue weighted by atomic mass is 10.2. The molecule has 2 heterocycles. The van der Waals surface area contributed by atoms with E-state index in [0.717, 1.165) is 5.75 Å². The number of aromatic nitrogens is 2. The van der Waals surface area contributed by atoms with Crippen molar-refractivity contribution >= 4 is 23.8 Å². The van der Waals surface area contributed by atoms with Crippen LogP contribution in [0.15, 0.2) is 10.9 Å². The molecule has 0 aromatic carbocycles. The number of carbonyl (C=O) groups excluding carboxylic acids is 1. The first-order chi connectivity index (χ1) is 9.66. The maximum Gasteiger partial charge on any atom is 0.317 e. The predicted octanol–water partition coefficient (Wildman–Crippen LogP) is 0.214. The van der Waals surface area contributed by atoms with Crippen molar-refractivity contribution in [1.82, 2.24) is 20.4 Å². The molecule has 0 saturated carbocycles. The third-order valence-corrected chi connectivity index (χ3v) is 4.02. The molecule has 2 amide bonds. The fraction of sp³-hybridized carbons (Fsp3) is 0.636. The monoisotopic (exact) mass is 300 g/mol. The highest BCUT2D eigenvalue weighted by Gasteiger charge is 2.28. The molecule has 0 spiro atoms. The topological polar surface area (TPSA) is 109 Å². The number of amides is 2. The molecular formula is C11H16N4O4S. The smallest absolute Gasteiger partial charge is 0.317 e. The van der Waals surface area contributed by atoms with Crippen LogP contribution in [0.25, 0.3) is 0 Å². The summed E-state index contributed by atoms with van der Waals surface area (Å²) in [5.74, 6) is 1.13. The van der Waals surface area contributed by atoms with Gasteiger partial charge in [0.05, 0.1) is 12.5 Å². The summed E-state index contributed by atoms with van der Waals surface area (Å²) < 4.78 is 4.60. The minimum absolute atomic E-state index is 0.0226. The van der Waals surface area contributed by atoms with Crippen LogP contribution in [-0.2, 0) is 11.2 Å². The molecule has 1 aromatic rings. The SMILES string of the molecule is O=C(O)CC1CSCCN1C(=O)NCCc1ncon1. The summed E-state index contributed by atoms with van der Waals surface area (Å²) in [6.45, 7) is 0.957. The van der Waals surface area contributed by atoms with Gasteiger partial charge < -0.3 is 19.8 Å². The quantitative estimate of drug-likeness (QED) is 0.800. The van der Waals surface area contributed by atoms with Crippen LogP contribution in [0.1, 0.15) is 12.2 Å². The van der Waals surface area contributed by atoms with E-state index in [1.165, 1.54) is 6.39 Å². The zero-order chi connectivity index (χ0) is 14.4. The van der Waals surface area contributed by atoms with Gasteiger partial charge in [0.25, 0.3) is 0 Å². The Morgan fingerprint density at radius 2 is 2.45 bits per heavy atom. The summed E-state index contributed by atoms with van der Waals surface area (Å²) in [5.41, 5.74) is 0. The number of hydrogen-bond donors (Lipinski definition) is 2. The Kier molecular flexibility index (Phi) is 5.22. The lowest BCUT2D eigenvalue weighted by molar-refractivity contribution is -0.137. The maximum absolute atomic E-state index is 12.1. The van der Waals surface area contributed by atoms with E-state index in [1.54, 1.807) is 16.7 Å². The van der Waals surface area contributed by atoms with Gasteiger partial charge in [-0.25, -0.2) is 4.79 Å². The summed E-state index contributed by atoms with van der Waals surface area (Å²) in [5, 5.41) is 15.3. The van der Waals surface area contributed by atoms with Gasteiger partial charge in [0.15, 0.2) is 5.82 Å². The highest BCUT2D eigenvalue weighted by Crippen LogP contribution is 2.18. The van der Waals surface area contributed by atoms with Crippen molar-refractivity contribution in [1.29, 1.82) is 0 Å². The van der Waals surface area contributed by atoms with E-state index >= 15 is 0 Å². The third kappa shape index (κ3) is 4.12. The van der Waals surface area contributed by atoms with E-state index in [1.807, 2.05) is 0 Å². The zero-order valence-electron chi connectivity index (χ0n) is 10.8. The number of carboxylic acids is 1. The van der Waals surface area contributed by atoms with Gasteiger partial charge in [-0.2, -0.15) is 16.7 Å². The summed E-state index contributed by atoms with van der Waals surface area (Å²) in [4.78, 5) is 28.3. The first kappa shape index (κ1) is 14.6. The molecule has 9 heteroatoms. The molecule has 0 aliphatic carbocycles. The van der Waals surface area contributed by atoms with E-state index in [2.05, 4.69) is 20.0 Å². The normalized spacial score (nSPS) is 18.8. The Morgan fingerprint density at radius 1 is 1.60 bits per heavy atom. The van der Waals surface area contributed by atoms with Gasteiger partial charge in [0.2, 0.25) is 6.39 Å². The van der Waals surface area contributed by atoms with Crippen molar-refractivity contribution in [3.8, 4) is 0 Å². The van der Waals surface area contributed by atoms with Gasteiger partial charge in [-0.05, 0) is 0 Å². The van der Waals surface area contributed by atoms with Crippen molar-refractivity contribution in [3.05, 3.63) is 12.2 Å². The Labute approximate surface area is 119 Å². The molecule has 0 radical (unpaired) electrons. The Balaban J connectivity index is 1.81. The van der Waals surface area contributed by atoms with E-state index in [0.29, 0.717) is 31.1 Å². The van der Waals surface area contributed by atoms with Crippen molar-refractivity contribution in [2.45, 2.75) is 18.9 Å². The van der Waals surface area contributed by atoms with E-state index < -0.39 is 5.97 Å². The lowest BCUT2D eigenvalue weighted by Crippen LogP contribution is -2.51. The van der Waals surface area contributed by atoms with Gasteiger partial charge in [-0.1, -0.05) is 5.16 Å². The molecule has 20 heavy (non-hydrogen) atoms. The fourth-order valence-corrected chi connectivity index (χ4v) is 3.04. The van der Waals surface area contributed by atoms with Crippen LogP contribution in [0.4, 0.5) is 4.79 Å². The highest BCUT2D eigenvalue weighted by atomic mass is 32.2. The Hall–Kier alpha value is -1.77. The van der Waals surface area contributed by atoms with Crippen molar-refractivity contribution in [3.63, 3.8) is 0 Å². The molecule has 8 nitrogen and oxygen atoms in total. The lowest BCUT2D eigenvalue weighted by Gasteiger charge is -2.34. The maximum atomic E-state index is 12.1. The van der Waals surface area contributed by atoms with Crippen LogP contribution < -0.4 is 5.32 Å². The van der Waals surface area contributed by atoms with Crippen molar-refractivity contribution < 1.29 is 19.2 Å². The molecule has 2 N–H and O–H groups in total. The van der Waals surface area contributed by atoms with Gasteiger partial charge in [0, 0.05) is 31.0 Å². The van der Waals surface area contributed by atoms with E-state index in [-0.39, 0.29) is 18.5 Å². The predicted molar refractivity (Wildman–Crippen MR) is 71.5 cm³/mol. The Morgan fingerprint density at radius 3 is 3.15 bits per heavy atom. The summed E-state index contributed by atoms with van der Waals surface area (Å²) in [6, 6.07) is -0.489. The van der Waals surface area contributed by atoms with Crippen molar-refractivity contribution in [2.24, 2.45) is 0 Å². The molecule has 1 aromatic heterocycles. The number of thioether (sulfide) groups is 1. The first-order valence-corrected chi connectivity index (χ1v) is 7.41. The van der Waals surface area contributed by atoms with Crippen molar-refractivity contribution in [2.75, 3.05) is 24.6 Å². The van der Waals surface area contributed by atoms with Crippen LogP contribution in [0.2, 0.25) is 0 Å². The number of rotatable bonds is 5. The minimum atomic E-state index is -0.887. The second-order valence-corrected chi connectivity index (χ2v) is 5.50. The van der Waals surface area contributed by atoms with Crippen LogP contribution in [0, 0.1) is 0 Å². The molecule has 2 rings (SSSR count). The third-order valence-electron chi connectivity index (χ3n) is 2.93. The molecular weight excluding hydrogens is 284 g/mol.